The molecule has 2 saturated heterocycles. The van der Waals surface area contributed by atoms with E-state index in [9.17, 15) is 13.6 Å². The van der Waals surface area contributed by atoms with Crippen LogP contribution in [0.1, 0.15) is 110 Å². The molecule has 8 aliphatic rings. The van der Waals surface area contributed by atoms with Crippen LogP contribution in [-0.2, 0) is 25.5 Å². The lowest BCUT2D eigenvalue weighted by Gasteiger charge is -2.60. The highest BCUT2D eigenvalue weighted by Crippen LogP contribution is 2.87. The van der Waals surface area contributed by atoms with Crippen molar-refractivity contribution >= 4 is 5.91 Å². The summed E-state index contributed by atoms with van der Waals surface area (Å²) in [5.41, 5.74) is 2.06. The van der Waals surface area contributed by atoms with Gasteiger partial charge in [-0.1, -0.05) is 20.8 Å². The van der Waals surface area contributed by atoms with Crippen molar-refractivity contribution in [3.05, 3.63) is 35.4 Å². The lowest BCUT2D eigenvalue weighted by Crippen LogP contribution is -2.56. The predicted octanol–water partition coefficient (Wildman–Crippen LogP) is 7.97. The average molecular weight is 695 g/mol. The molecular formula is C42H60F2N2O4. The van der Waals surface area contributed by atoms with Gasteiger partial charge in [-0.15, -0.1) is 0 Å². The molecule has 0 bridgehead atoms. The van der Waals surface area contributed by atoms with Crippen LogP contribution in [0.2, 0.25) is 0 Å². The van der Waals surface area contributed by atoms with Crippen LogP contribution in [-0.4, -0.2) is 73.6 Å². The summed E-state index contributed by atoms with van der Waals surface area (Å²) in [7, 11) is 2.04. The maximum Gasteiger partial charge on any atom is 0.223 e. The first-order chi connectivity index (χ1) is 23.9. The molecule has 6 nitrogen and oxygen atoms in total. The normalized spacial score (nSPS) is 44.5. The average Bonchev–Trinajstić information content (AvgIpc) is 3.97. The summed E-state index contributed by atoms with van der Waals surface area (Å²) in [6.45, 7) is 10.8. The lowest BCUT2D eigenvalue weighted by atomic mass is 9.46. The first kappa shape index (κ1) is 34.2. The third-order valence-corrected chi connectivity index (χ3v) is 16.4. The molecule has 2 spiro atoms. The van der Waals surface area contributed by atoms with E-state index in [4.69, 9.17) is 14.2 Å². The molecule has 1 aromatic rings. The maximum absolute atomic E-state index is 13.8. The van der Waals surface area contributed by atoms with Gasteiger partial charge in [0.2, 0.25) is 5.91 Å². The van der Waals surface area contributed by atoms with Gasteiger partial charge in [-0.05, 0) is 153 Å². The predicted molar refractivity (Wildman–Crippen MR) is 187 cm³/mol. The van der Waals surface area contributed by atoms with E-state index >= 15 is 0 Å². The molecule has 0 radical (unpaired) electrons. The van der Waals surface area contributed by atoms with E-state index in [0.29, 0.717) is 78.3 Å². The number of amides is 1. The number of fused-ring (bicyclic) bond motifs is 4. The Morgan fingerprint density at radius 2 is 1.72 bits per heavy atom. The van der Waals surface area contributed by atoms with Gasteiger partial charge in [0.15, 0.2) is 6.29 Å². The van der Waals surface area contributed by atoms with Crippen LogP contribution in [0.25, 0.3) is 0 Å². The van der Waals surface area contributed by atoms with Crippen LogP contribution in [0.15, 0.2) is 18.2 Å². The number of morpholine rings is 1. The van der Waals surface area contributed by atoms with E-state index in [1.54, 1.807) is 0 Å². The van der Waals surface area contributed by atoms with Gasteiger partial charge in [-0.25, -0.2) is 8.78 Å². The van der Waals surface area contributed by atoms with Crippen molar-refractivity contribution in [2.75, 3.05) is 33.3 Å². The summed E-state index contributed by atoms with van der Waals surface area (Å²) in [4.78, 5) is 17.1. The van der Waals surface area contributed by atoms with Gasteiger partial charge in [0.05, 0.1) is 31.5 Å². The summed E-state index contributed by atoms with van der Waals surface area (Å²) in [6.07, 6.45) is 16.1. The second-order valence-corrected chi connectivity index (χ2v) is 19.3. The minimum absolute atomic E-state index is 0.0838. The van der Waals surface area contributed by atoms with Crippen LogP contribution < -0.4 is 0 Å². The quantitative estimate of drug-likeness (QED) is 0.276. The highest BCUT2D eigenvalue weighted by atomic mass is 19.1. The summed E-state index contributed by atoms with van der Waals surface area (Å²) in [5.74, 6) is 2.73. The van der Waals surface area contributed by atoms with Gasteiger partial charge >= 0.3 is 0 Å². The number of halogens is 2. The Labute approximate surface area is 298 Å². The smallest absolute Gasteiger partial charge is 0.223 e. The molecule has 2 heterocycles. The van der Waals surface area contributed by atoms with Crippen LogP contribution in [0.4, 0.5) is 8.78 Å². The molecule has 6 aliphatic carbocycles. The van der Waals surface area contributed by atoms with E-state index in [1.807, 2.05) is 11.9 Å². The molecule has 8 heteroatoms. The molecular weight excluding hydrogens is 634 g/mol. The number of hydrogen-bond acceptors (Lipinski definition) is 5. The highest BCUT2D eigenvalue weighted by molar-refractivity contribution is 5.76. The fourth-order valence-electron chi connectivity index (χ4n) is 13.9. The van der Waals surface area contributed by atoms with Gasteiger partial charge in [-0.2, -0.15) is 0 Å². The Balaban J connectivity index is 0.841. The molecule has 1 amide bonds. The molecule has 276 valence electrons. The van der Waals surface area contributed by atoms with Gasteiger partial charge in [-0.3, -0.25) is 9.69 Å². The molecule has 9 rings (SSSR count). The fraction of sp³-hybridized carbons (Fsp3) is 0.833. The Morgan fingerprint density at radius 1 is 0.940 bits per heavy atom. The number of benzene rings is 1. The summed E-state index contributed by atoms with van der Waals surface area (Å²) in [6, 6.07) is 3.82. The second-order valence-electron chi connectivity index (χ2n) is 19.3. The third-order valence-electron chi connectivity index (χ3n) is 16.4. The van der Waals surface area contributed by atoms with E-state index in [2.05, 4.69) is 25.7 Å². The molecule has 9 unspecified atom stereocenters. The molecule has 6 saturated carbocycles. The van der Waals surface area contributed by atoms with Crippen molar-refractivity contribution in [2.45, 2.75) is 135 Å². The minimum Gasteiger partial charge on any atom is -0.373 e. The zero-order chi connectivity index (χ0) is 34.6. The number of likely N-dealkylation sites (N-methyl/N-ethyl adjacent to an activating group) is 1. The molecule has 0 aromatic heterocycles. The number of ether oxygens (including phenoxy) is 3. The van der Waals surface area contributed by atoms with Crippen molar-refractivity contribution in [1.29, 1.82) is 0 Å². The zero-order valence-corrected chi connectivity index (χ0v) is 30.9. The van der Waals surface area contributed by atoms with E-state index < -0.39 is 11.6 Å². The van der Waals surface area contributed by atoms with E-state index in [-0.39, 0.29) is 29.8 Å². The van der Waals surface area contributed by atoms with Crippen molar-refractivity contribution < 1.29 is 27.8 Å². The van der Waals surface area contributed by atoms with Crippen LogP contribution >= 0.6 is 0 Å². The second kappa shape index (κ2) is 12.2. The van der Waals surface area contributed by atoms with Crippen molar-refractivity contribution in [3.8, 4) is 0 Å². The summed E-state index contributed by atoms with van der Waals surface area (Å²) in [5, 5.41) is 0. The molecule has 2 aliphatic heterocycles. The standard InChI is InChI=1S/C42H60F2N2O4/c1-39(2)35-10-9-31-33-21-34-32(8-7-30(49-34)23-45(4)22-27-17-28(43)20-29(44)18-27)40(33,3)13-14-41(31)25-42(35,41)12-11-36(39)50-38-24-46(15-16-48-38)37(47)19-26-5-6-26/h17-18,20,26,30-36,38H,5-16,19,21-25H2,1-4H3/t30?,31?,32?,33?,34?,35?,36-,38?,40?,41?,42+/m0/s1. The topological polar surface area (TPSA) is 51.2 Å². The minimum atomic E-state index is -0.514. The number of carbonyl (C=O) groups is 1. The van der Waals surface area contributed by atoms with Gasteiger partial charge in [0.25, 0.3) is 0 Å². The lowest BCUT2D eigenvalue weighted by molar-refractivity contribution is -0.244. The van der Waals surface area contributed by atoms with E-state index in [0.717, 1.165) is 37.3 Å². The van der Waals surface area contributed by atoms with Crippen LogP contribution in [0, 0.1) is 62.9 Å². The third kappa shape index (κ3) is 5.54. The summed E-state index contributed by atoms with van der Waals surface area (Å²) >= 11 is 0. The van der Waals surface area contributed by atoms with Crippen LogP contribution in [0.5, 0.6) is 0 Å². The van der Waals surface area contributed by atoms with Gasteiger partial charge in [0, 0.05) is 32.1 Å². The van der Waals surface area contributed by atoms with Crippen LogP contribution in [0.3, 0.4) is 0 Å². The number of nitrogens with zero attached hydrogens (tertiary/aromatic N) is 2. The first-order valence-corrected chi connectivity index (χ1v) is 20.2. The van der Waals surface area contributed by atoms with Crippen molar-refractivity contribution in [1.82, 2.24) is 9.80 Å². The monoisotopic (exact) mass is 694 g/mol. The molecule has 50 heavy (non-hydrogen) atoms. The number of hydrogen-bond donors (Lipinski definition) is 0. The van der Waals surface area contributed by atoms with Crippen molar-refractivity contribution in [2.24, 2.45) is 51.2 Å². The van der Waals surface area contributed by atoms with Gasteiger partial charge < -0.3 is 19.1 Å². The Kier molecular flexibility index (Phi) is 8.35. The SMILES string of the molecule is CN(Cc1cc(F)cc(F)c1)CC1CCC2C(CC3C4CCC5C(C)(C)[C@@H](OC6CN(C(=O)CC7CC7)CCO6)CC[C@@]56CC46CCC23C)O1. The Hall–Kier alpha value is -1.61. The molecule has 11 atom stereocenters. The largest absolute Gasteiger partial charge is 0.373 e. The molecule has 0 N–H and O–H groups in total. The van der Waals surface area contributed by atoms with Crippen molar-refractivity contribution in [3.63, 3.8) is 0 Å². The zero-order valence-electron chi connectivity index (χ0n) is 30.9. The maximum atomic E-state index is 13.8. The first-order valence-electron chi connectivity index (χ1n) is 20.2. The molecule has 8 fully saturated rings. The van der Waals surface area contributed by atoms with Gasteiger partial charge in [0.1, 0.15) is 11.6 Å². The summed E-state index contributed by atoms with van der Waals surface area (Å²) < 4.78 is 47.6. The van der Waals surface area contributed by atoms with E-state index in [1.165, 1.54) is 76.3 Å². The number of carbonyl (C=O) groups excluding carboxylic acids is 1. The fourth-order valence-corrected chi connectivity index (χ4v) is 13.9. The Morgan fingerprint density at radius 3 is 2.50 bits per heavy atom. The number of rotatable bonds is 8. The molecule has 1 aromatic carbocycles. The Bertz CT molecular complexity index is 1460. The highest BCUT2D eigenvalue weighted by Gasteiger charge is 2.80.